The zero-order chi connectivity index (χ0) is 19.3. The van der Waals surface area contributed by atoms with Crippen LogP contribution < -0.4 is 0 Å². The molecule has 1 atom stereocenters. The molecule has 148 valence electrons. The summed E-state index contributed by atoms with van der Waals surface area (Å²) in [6.07, 6.45) is 3.94. The Morgan fingerprint density at radius 1 is 1.19 bits per heavy atom. The van der Waals surface area contributed by atoms with E-state index < -0.39 is 11.9 Å². The fourth-order valence-electron chi connectivity index (χ4n) is 4.24. The summed E-state index contributed by atoms with van der Waals surface area (Å²) in [6.45, 7) is 14.1. The van der Waals surface area contributed by atoms with E-state index in [1.807, 2.05) is 18.7 Å². The SMILES string of the molecule is CCN(CC)CC(=O)N1CC(C(=O)O)C2(CCN(CC=C(C)C)CC2)C1. The molecule has 26 heavy (non-hydrogen) atoms. The van der Waals surface area contributed by atoms with Crippen molar-refractivity contribution in [2.24, 2.45) is 11.3 Å². The Labute approximate surface area is 157 Å². The largest absolute Gasteiger partial charge is 0.481 e. The van der Waals surface area contributed by atoms with Crippen LogP contribution in [-0.4, -0.2) is 84.0 Å². The van der Waals surface area contributed by atoms with E-state index in [4.69, 9.17) is 0 Å². The molecule has 0 bridgehead atoms. The van der Waals surface area contributed by atoms with Crippen LogP contribution in [-0.2, 0) is 9.59 Å². The number of likely N-dealkylation sites (tertiary alicyclic amines) is 2. The van der Waals surface area contributed by atoms with Crippen LogP contribution in [0.5, 0.6) is 0 Å². The first-order valence-electron chi connectivity index (χ1n) is 9.90. The van der Waals surface area contributed by atoms with Crippen molar-refractivity contribution in [1.82, 2.24) is 14.7 Å². The first-order valence-corrected chi connectivity index (χ1v) is 9.90. The lowest BCUT2D eigenvalue weighted by atomic mass is 9.71. The van der Waals surface area contributed by atoms with Gasteiger partial charge in [-0.3, -0.25) is 19.4 Å². The van der Waals surface area contributed by atoms with Crippen molar-refractivity contribution >= 4 is 11.9 Å². The monoisotopic (exact) mass is 365 g/mol. The Bertz CT molecular complexity index is 530. The van der Waals surface area contributed by atoms with E-state index in [0.29, 0.717) is 19.6 Å². The Morgan fingerprint density at radius 2 is 1.81 bits per heavy atom. The summed E-state index contributed by atoms with van der Waals surface area (Å²) in [5, 5.41) is 9.78. The second-order valence-corrected chi connectivity index (χ2v) is 8.07. The van der Waals surface area contributed by atoms with Crippen LogP contribution in [0.15, 0.2) is 11.6 Å². The maximum Gasteiger partial charge on any atom is 0.308 e. The summed E-state index contributed by atoms with van der Waals surface area (Å²) in [7, 11) is 0. The van der Waals surface area contributed by atoms with Crippen LogP contribution >= 0.6 is 0 Å². The molecular formula is C20H35N3O3. The lowest BCUT2D eigenvalue weighted by molar-refractivity contribution is -0.145. The lowest BCUT2D eigenvalue weighted by Gasteiger charge is -2.41. The number of carboxylic acid groups (broad SMARTS) is 1. The Morgan fingerprint density at radius 3 is 2.31 bits per heavy atom. The molecule has 1 spiro atoms. The number of piperidine rings is 1. The number of carbonyl (C=O) groups is 2. The predicted molar refractivity (Wildman–Crippen MR) is 103 cm³/mol. The molecule has 0 aromatic rings. The van der Waals surface area contributed by atoms with E-state index in [-0.39, 0.29) is 11.3 Å². The third kappa shape index (κ3) is 4.86. The maximum atomic E-state index is 12.7. The maximum absolute atomic E-state index is 12.7. The summed E-state index contributed by atoms with van der Waals surface area (Å²) in [5.41, 5.74) is 1.05. The Balaban J connectivity index is 2.02. The Kier molecular flexibility index (Phi) is 7.24. The molecule has 1 amide bonds. The standard InChI is InChI=1S/C20H35N3O3/c1-5-21(6-2)14-18(24)23-13-17(19(25)26)20(15-23)8-11-22(12-9-20)10-7-16(3)4/h7,17H,5-6,8-15H2,1-4H3,(H,25,26). The molecule has 0 aliphatic carbocycles. The predicted octanol–water partition coefficient (Wildman–Crippen LogP) is 1.92. The van der Waals surface area contributed by atoms with Crippen LogP contribution in [0.3, 0.4) is 0 Å². The number of carbonyl (C=O) groups excluding carboxylic acids is 1. The average molecular weight is 366 g/mol. The summed E-state index contributed by atoms with van der Waals surface area (Å²) in [6, 6.07) is 0. The summed E-state index contributed by atoms with van der Waals surface area (Å²) in [4.78, 5) is 30.9. The number of amides is 1. The third-order valence-electron chi connectivity index (χ3n) is 6.16. The molecule has 0 radical (unpaired) electrons. The number of rotatable bonds is 7. The number of hydrogen-bond donors (Lipinski definition) is 1. The minimum Gasteiger partial charge on any atom is -0.481 e. The van der Waals surface area contributed by atoms with Gasteiger partial charge in [-0.25, -0.2) is 0 Å². The Hall–Kier alpha value is -1.40. The van der Waals surface area contributed by atoms with Crippen LogP contribution in [0.4, 0.5) is 0 Å². The molecule has 6 nitrogen and oxygen atoms in total. The molecule has 6 heteroatoms. The quantitative estimate of drug-likeness (QED) is 0.699. The summed E-state index contributed by atoms with van der Waals surface area (Å²) < 4.78 is 0. The zero-order valence-corrected chi connectivity index (χ0v) is 16.8. The summed E-state index contributed by atoms with van der Waals surface area (Å²) in [5.74, 6) is -1.11. The van der Waals surface area contributed by atoms with Crippen molar-refractivity contribution in [2.45, 2.75) is 40.5 Å². The number of likely N-dealkylation sites (N-methyl/N-ethyl adjacent to an activating group) is 1. The van der Waals surface area contributed by atoms with Crippen LogP contribution in [0.2, 0.25) is 0 Å². The molecule has 2 rings (SSSR count). The molecule has 1 unspecified atom stereocenters. The highest BCUT2D eigenvalue weighted by Gasteiger charge is 2.52. The minimum absolute atomic E-state index is 0.0730. The van der Waals surface area contributed by atoms with Gasteiger partial charge in [-0.15, -0.1) is 0 Å². The third-order valence-corrected chi connectivity index (χ3v) is 6.16. The van der Waals surface area contributed by atoms with Crippen molar-refractivity contribution in [3.05, 3.63) is 11.6 Å². The van der Waals surface area contributed by atoms with E-state index in [2.05, 4.69) is 29.7 Å². The summed E-state index contributed by atoms with van der Waals surface area (Å²) >= 11 is 0. The van der Waals surface area contributed by atoms with Crippen LogP contribution in [0.25, 0.3) is 0 Å². The highest BCUT2D eigenvalue weighted by Crippen LogP contribution is 2.44. The highest BCUT2D eigenvalue weighted by molar-refractivity contribution is 5.81. The van der Waals surface area contributed by atoms with E-state index in [9.17, 15) is 14.7 Å². The van der Waals surface area contributed by atoms with Gasteiger partial charge in [0, 0.05) is 25.0 Å². The average Bonchev–Trinajstić information content (AvgIpc) is 2.98. The van der Waals surface area contributed by atoms with Gasteiger partial charge in [0.25, 0.3) is 0 Å². The molecule has 0 aromatic carbocycles. The van der Waals surface area contributed by atoms with E-state index >= 15 is 0 Å². The first kappa shape index (κ1) is 20.9. The van der Waals surface area contributed by atoms with Crippen LogP contribution in [0.1, 0.15) is 40.5 Å². The lowest BCUT2D eigenvalue weighted by Crippen LogP contribution is -2.46. The van der Waals surface area contributed by atoms with Crippen molar-refractivity contribution in [1.29, 1.82) is 0 Å². The van der Waals surface area contributed by atoms with Crippen molar-refractivity contribution in [3.8, 4) is 0 Å². The normalized spacial score (nSPS) is 22.8. The van der Waals surface area contributed by atoms with Gasteiger partial charge in [0.15, 0.2) is 0 Å². The van der Waals surface area contributed by atoms with Gasteiger partial charge in [0.1, 0.15) is 0 Å². The smallest absolute Gasteiger partial charge is 0.308 e. The fraction of sp³-hybridized carbons (Fsp3) is 0.800. The molecule has 0 aromatic heterocycles. The topological polar surface area (TPSA) is 64.1 Å². The molecule has 2 aliphatic rings. The second-order valence-electron chi connectivity index (χ2n) is 8.07. The number of aliphatic carboxylic acids is 1. The van der Waals surface area contributed by atoms with Gasteiger partial charge >= 0.3 is 5.97 Å². The molecule has 2 heterocycles. The number of hydrogen-bond acceptors (Lipinski definition) is 4. The van der Waals surface area contributed by atoms with E-state index in [1.54, 1.807) is 0 Å². The van der Waals surface area contributed by atoms with Gasteiger partial charge < -0.3 is 10.0 Å². The van der Waals surface area contributed by atoms with Crippen molar-refractivity contribution in [2.75, 3.05) is 52.4 Å². The zero-order valence-electron chi connectivity index (χ0n) is 16.8. The van der Waals surface area contributed by atoms with Gasteiger partial charge in [-0.05, 0) is 52.9 Å². The molecular weight excluding hydrogens is 330 g/mol. The highest BCUT2D eigenvalue weighted by atomic mass is 16.4. The van der Waals surface area contributed by atoms with Gasteiger partial charge in [0.2, 0.25) is 5.91 Å². The fourth-order valence-corrected chi connectivity index (χ4v) is 4.24. The number of allylic oxidation sites excluding steroid dienone is 1. The molecule has 2 saturated heterocycles. The number of nitrogens with zero attached hydrogens (tertiary/aromatic N) is 3. The first-order chi connectivity index (χ1) is 12.3. The van der Waals surface area contributed by atoms with Crippen molar-refractivity contribution < 1.29 is 14.7 Å². The molecule has 0 saturated carbocycles. The van der Waals surface area contributed by atoms with Crippen LogP contribution in [0, 0.1) is 11.3 Å². The van der Waals surface area contributed by atoms with E-state index in [0.717, 1.165) is 45.6 Å². The van der Waals surface area contributed by atoms with E-state index in [1.165, 1.54) is 5.57 Å². The molecule has 1 N–H and O–H groups in total. The second kappa shape index (κ2) is 9.00. The molecule has 2 aliphatic heterocycles. The van der Waals surface area contributed by atoms with Crippen molar-refractivity contribution in [3.63, 3.8) is 0 Å². The minimum atomic E-state index is -0.749. The van der Waals surface area contributed by atoms with Gasteiger partial charge in [-0.2, -0.15) is 0 Å². The van der Waals surface area contributed by atoms with Gasteiger partial charge in [0.05, 0.1) is 12.5 Å². The van der Waals surface area contributed by atoms with Gasteiger partial charge in [-0.1, -0.05) is 25.5 Å². The molecule has 2 fully saturated rings. The number of carboxylic acids is 1.